The van der Waals surface area contributed by atoms with Gasteiger partial charge in [0.15, 0.2) is 5.16 Å². The second-order valence-electron chi connectivity index (χ2n) is 2.88. The van der Waals surface area contributed by atoms with Gasteiger partial charge in [-0.05, 0) is 17.7 Å². The van der Waals surface area contributed by atoms with Gasteiger partial charge in [0.1, 0.15) is 5.82 Å². The average molecular weight is 221 g/mol. The first-order valence-corrected chi connectivity index (χ1v) is 5.41. The minimum Gasteiger partial charge on any atom is -0.340 e. The van der Waals surface area contributed by atoms with Crippen LogP contribution in [0.1, 0.15) is 5.56 Å². The lowest BCUT2D eigenvalue weighted by Crippen LogP contribution is -2.08. The molecule has 0 aliphatic heterocycles. The normalized spacial score (nSPS) is 10.2. The number of H-pyrrole nitrogens is 1. The number of thioether (sulfide) groups is 1. The van der Waals surface area contributed by atoms with E-state index in [4.69, 9.17) is 5.84 Å². The van der Waals surface area contributed by atoms with Crippen LogP contribution in [0.3, 0.4) is 0 Å². The maximum absolute atomic E-state index is 5.27. The highest BCUT2D eigenvalue weighted by Crippen LogP contribution is 2.19. The van der Waals surface area contributed by atoms with Gasteiger partial charge in [0.05, 0.1) is 0 Å². The van der Waals surface area contributed by atoms with Gasteiger partial charge in [-0.1, -0.05) is 11.8 Å². The molecule has 0 bridgehead atoms. The van der Waals surface area contributed by atoms with Gasteiger partial charge < -0.3 is 10.4 Å². The number of nitrogens with one attached hydrogen (secondary N) is 2. The molecule has 15 heavy (non-hydrogen) atoms. The van der Waals surface area contributed by atoms with E-state index in [0.29, 0.717) is 5.82 Å². The molecule has 5 nitrogen and oxygen atoms in total. The van der Waals surface area contributed by atoms with Crippen LogP contribution in [0.25, 0.3) is 0 Å². The van der Waals surface area contributed by atoms with Crippen molar-refractivity contribution < 1.29 is 0 Å². The van der Waals surface area contributed by atoms with Crippen molar-refractivity contribution in [2.75, 3.05) is 5.43 Å². The van der Waals surface area contributed by atoms with Crippen molar-refractivity contribution in [3.05, 3.63) is 36.3 Å². The number of rotatable bonds is 4. The van der Waals surface area contributed by atoms with Crippen LogP contribution in [0.4, 0.5) is 5.82 Å². The van der Waals surface area contributed by atoms with E-state index in [1.165, 1.54) is 0 Å². The van der Waals surface area contributed by atoms with Crippen LogP contribution < -0.4 is 11.3 Å². The van der Waals surface area contributed by atoms with Gasteiger partial charge in [-0.25, -0.2) is 15.8 Å². The summed E-state index contributed by atoms with van der Waals surface area (Å²) in [6.07, 6.45) is 5.27. The van der Waals surface area contributed by atoms with Crippen LogP contribution in [-0.4, -0.2) is 15.0 Å². The maximum atomic E-state index is 5.27. The van der Waals surface area contributed by atoms with E-state index in [1.54, 1.807) is 24.2 Å². The topological polar surface area (TPSA) is 79.6 Å². The van der Waals surface area contributed by atoms with Crippen LogP contribution in [-0.2, 0) is 5.75 Å². The molecule has 0 spiro atoms. The Kier molecular flexibility index (Phi) is 3.21. The van der Waals surface area contributed by atoms with E-state index in [1.807, 2.05) is 18.3 Å². The van der Waals surface area contributed by atoms with Crippen molar-refractivity contribution in [2.45, 2.75) is 10.9 Å². The third-order valence-corrected chi connectivity index (χ3v) is 2.80. The van der Waals surface area contributed by atoms with Crippen molar-refractivity contribution in [3.63, 3.8) is 0 Å². The minimum atomic E-state index is 0.674. The highest BCUT2D eigenvalue weighted by atomic mass is 32.2. The monoisotopic (exact) mass is 221 g/mol. The molecule has 2 aromatic heterocycles. The van der Waals surface area contributed by atoms with Gasteiger partial charge in [0.25, 0.3) is 0 Å². The summed E-state index contributed by atoms with van der Waals surface area (Å²) in [5, 5.41) is 0.911. The molecule has 2 heterocycles. The molecule has 78 valence electrons. The minimum absolute atomic E-state index is 0.674. The van der Waals surface area contributed by atoms with Gasteiger partial charge in [-0.2, -0.15) is 0 Å². The molecule has 0 fully saturated rings. The largest absolute Gasteiger partial charge is 0.340 e. The van der Waals surface area contributed by atoms with E-state index in [2.05, 4.69) is 20.4 Å². The summed E-state index contributed by atoms with van der Waals surface area (Å²) in [6.45, 7) is 0. The molecular formula is C9H11N5S. The first-order chi connectivity index (χ1) is 7.38. The Bertz CT molecular complexity index is 414. The summed E-state index contributed by atoms with van der Waals surface area (Å²) in [7, 11) is 0. The van der Waals surface area contributed by atoms with E-state index >= 15 is 0 Å². The first kappa shape index (κ1) is 10.0. The van der Waals surface area contributed by atoms with E-state index in [-0.39, 0.29) is 0 Å². The molecular weight excluding hydrogens is 210 g/mol. The number of hydrogen-bond donors (Lipinski definition) is 3. The first-order valence-electron chi connectivity index (χ1n) is 4.42. The van der Waals surface area contributed by atoms with E-state index < -0.39 is 0 Å². The van der Waals surface area contributed by atoms with Crippen LogP contribution >= 0.6 is 11.8 Å². The number of aromatic amines is 1. The predicted molar refractivity (Wildman–Crippen MR) is 60.2 cm³/mol. The van der Waals surface area contributed by atoms with Gasteiger partial charge in [0, 0.05) is 24.3 Å². The SMILES string of the molecule is NNc1cc(CSc2ncc[nH]2)ccn1. The summed E-state index contributed by atoms with van der Waals surface area (Å²) in [5.41, 5.74) is 3.67. The van der Waals surface area contributed by atoms with Crippen LogP contribution in [0.15, 0.2) is 35.9 Å². The fraction of sp³-hybridized carbons (Fsp3) is 0.111. The molecule has 4 N–H and O–H groups in total. The average Bonchev–Trinajstić information content (AvgIpc) is 2.79. The molecule has 0 saturated carbocycles. The number of nitrogen functional groups attached to an aromatic ring is 1. The Morgan fingerprint density at radius 2 is 2.33 bits per heavy atom. The number of anilines is 1. The highest BCUT2D eigenvalue weighted by molar-refractivity contribution is 7.98. The lowest BCUT2D eigenvalue weighted by atomic mass is 10.3. The Morgan fingerprint density at radius 3 is 3.07 bits per heavy atom. The molecule has 0 amide bonds. The third-order valence-electron chi connectivity index (χ3n) is 1.82. The number of aromatic nitrogens is 3. The zero-order chi connectivity index (χ0) is 10.5. The predicted octanol–water partition coefficient (Wildman–Crippen LogP) is 1.38. The third kappa shape index (κ3) is 2.71. The summed E-state index contributed by atoms with van der Waals surface area (Å²) < 4.78 is 0. The van der Waals surface area contributed by atoms with E-state index in [0.717, 1.165) is 16.5 Å². The lowest BCUT2D eigenvalue weighted by Gasteiger charge is -2.02. The standard InChI is InChI=1S/C9H11N5S/c10-14-8-5-7(1-2-11-8)6-15-9-12-3-4-13-9/h1-5H,6,10H2,(H,11,14)(H,12,13). The number of nitrogens with two attached hydrogens (primary N) is 1. The van der Waals surface area contributed by atoms with Crippen molar-refractivity contribution in [2.24, 2.45) is 5.84 Å². The fourth-order valence-electron chi connectivity index (χ4n) is 1.12. The Balaban J connectivity index is 1.98. The number of hydrazine groups is 1. The molecule has 2 aromatic rings. The van der Waals surface area contributed by atoms with Gasteiger partial charge in [0.2, 0.25) is 0 Å². The van der Waals surface area contributed by atoms with Crippen LogP contribution in [0.2, 0.25) is 0 Å². The summed E-state index contributed by atoms with van der Waals surface area (Å²) in [6, 6.07) is 3.87. The Morgan fingerprint density at radius 1 is 1.40 bits per heavy atom. The summed E-state index contributed by atoms with van der Waals surface area (Å²) >= 11 is 1.64. The number of hydrogen-bond acceptors (Lipinski definition) is 5. The molecule has 0 aliphatic rings. The quantitative estimate of drug-likeness (QED) is 0.413. The lowest BCUT2D eigenvalue weighted by molar-refractivity contribution is 1.06. The second kappa shape index (κ2) is 4.81. The van der Waals surface area contributed by atoms with Crippen molar-refractivity contribution in [3.8, 4) is 0 Å². The molecule has 0 atom stereocenters. The molecule has 0 saturated heterocycles. The number of imidazole rings is 1. The molecule has 0 aliphatic carbocycles. The van der Waals surface area contributed by atoms with Gasteiger partial charge >= 0.3 is 0 Å². The Hall–Kier alpha value is -1.53. The summed E-state index contributed by atoms with van der Waals surface area (Å²) in [4.78, 5) is 11.2. The molecule has 2 rings (SSSR count). The zero-order valence-electron chi connectivity index (χ0n) is 7.97. The zero-order valence-corrected chi connectivity index (χ0v) is 8.79. The second-order valence-corrected chi connectivity index (χ2v) is 3.84. The molecule has 0 unspecified atom stereocenters. The van der Waals surface area contributed by atoms with Crippen LogP contribution in [0.5, 0.6) is 0 Å². The fourth-order valence-corrected chi connectivity index (χ4v) is 1.89. The van der Waals surface area contributed by atoms with Crippen molar-refractivity contribution in [1.82, 2.24) is 15.0 Å². The van der Waals surface area contributed by atoms with Gasteiger partial charge in [-0.3, -0.25) is 0 Å². The maximum Gasteiger partial charge on any atom is 0.165 e. The number of pyridine rings is 1. The molecule has 0 radical (unpaired) electrons. The van der Waals surface area contributed by atoms with Crippen molar-refractivity contribution >= 4 is 17.6 Å². The summed E-state index contributed by atoms with van der Waals surface area (Å²) in [5.74, 6) is 6.78. The van der Waals surface area contributed by atoms with Crippen LogP contribution in [0, 0.1) is 0 Å². The Labute approximate surface area is 91.5 Å². The van der Waals surface area contributed by atoms with E-state index in [9.17, 15) is 0 Å². The van der Waals surface area contributed by atoms with Crippen molar-refractivity contribution in [1.29, 1.82) is 0 Å². The smallest absolute Gasteiger partial charge is 0.165 e. The molecule has 6 heteroatoms. The highest BCUT2D eigenvalue weighted by Gasteiger charge is 1.99. The number of nitrogens with zero attached hydrogens (tertiary/aromatic N) is 2. The van der Waals surface area contributed by atoms with Gasteiger partial charge in [-0.15, -0.1) is 0 Å². The molecule has 0 aromatic carbocycles.